The summed E-state index contributed by atoms with van der Waals surface area (Å²) >= 11 is 5.69. The lowest BCUT2D eigenvalue weighted by Crippen LogP contribution is -2.01. The summed E-state index contributed by atoms with van der Waals surface area (Å²) in [5.74, 6) is 0. The van der Waals surface area contributed by atoms with Crippen molar-refractivity contribution in [1.29, 1.82) is 0 Å². The zero-order valence-corrected chi connectivity index (χ0v) is 8.25. The summed E-state index contributed by atoms with van der Waals surface area (Å²) in [7, 11) is 1.48. The third-order valence-corrected chi connectivity index (χ3v) is 1.92. The van der Waals surface area contributed by atoms with E-state index in [1.165, 1.54) is 13.2 Å². The van der Waals surface area contributed by atoms with Gasteiger partial charge in [0.15, 0.2) is 0 Å². The molecule has 0 bridgehead atoms. The minimum Gasteiger partial charge on any atom is -0.393 e. The van der Waals surface area contributed by atoms with Gasteiger partial charge in [0.1, 0.15) is 5.69 Å². The number of nitro groups is 1. The number of anilines is 1. The third kappa shape index (κ3) is 2.12. The zero-order valence-electron chi connectivity index (χ0n) is 7.49. The minimum absolute atomic E-state index is 0.0984. The van der Waals surface area contributed by atoms with Crippen LogP contribution in [0.2, 0.25) is 5.02 Å². The molecule has 6 heteroatoms. The lowest BCUT2D eigenvalue weighted by Gasteiger charge is -2.05. The molecule has 0 spiro atoms. The first-order chi connectivity index (χ1) is 6.56. The quantitative estimate of drug-likeness (QED) is 0.476. The van der Waals surface area contributed by atoms with E-state index in [1.54, 1.807) is 6.07 Å². The predicted octanol–water partition coefficient (Wildman–Crippen LogP) is 1.98. The van der Waals surface area contributed by atoms with Crippen molar-refractivity contribution in [2.24, 2.45) is 0 Å². The Balaban J connectivity index is 3.24. The fourth-order valence-electron chi connectivity index (χ4n) is 1.08. The van der Waals surface area contributed by atoms with Crippen LogP contribution in [0.15, 0.2) is 12.1 Å². The monoisotopic (exact) mass is 216 g/mol. The van der Waals surface area contributed by atoms with Crippen LogP contribution in [0.1, 0.15) is 5.56 Å². The SMILES string of the molecule is COCc1cc(Cl)cc([N+](=O)[O-])c1N. The number of rotatable bonds is 3. The van der Waals surface area contributed by atoms with Gasteiger partial charge in [-0.3, -0.25) is 10.1 Å². The van der Waals surface area contributed by atoms with Crippen LogP contribution in [0.4, 0.5) is 11.4 Å². The van der Waals surface area contributed by atoms with Gasteiger partial charge >= 0.3 is 0 Å². The Kier molecular flexibility index (Phi) is 3.27. The molecule has 1 aromatic carbocycles. The molecule has 2 N–H and O–H groups in total. The number of ether oxygens (including phenoxy) is 1. The molecule has 0 aliphatic rings. The topological polar surface area (TPSA) is 78.4 Å². The van der Waals surface area contributed by atoms with E-state index in [9.17, 15) is 10.1 Å². The Hall–Kier alpha value is -1.33. The molecule has 0 heterocycles. The highest BCUT2D eigenvalue weighted by atomic mass is 35.5. The second kappa shape index (κ2) is 4.26. The van der Waals surface area contributed by atoms with Gasteiger partial charge in [0, 0.05) is 23.8 Å². The van der Waals surface area contributed by atoms with Crippen LogP contribution < -0.4 is 5.73 Å². The van der Waals surface area contributed by atoms with Gasteiger partial charge in [-0.2, -0.15) is 0 Å². The van der Waals surface area contributed by atoms with Crippen molar-refractivity contribution in [1.82, 2.24) is 0 Å². The Morgan fingerprint density at radius 1 is 1.64 bits per heavy atom. The van der Waals surface area contributed by atoms with Crippen molar-refractivity contribution in [3.63, 3.8) is 0 Å². The second-order valence-corrected chi connectivity index (χ2v) is 3.12. The highest BCUT2D eigenvalue weighted by molar-refractivity contribution is 6.31. The zero-order chi connectivity index (χ0) is 10.7. The van der Waals surface area contributed by atoms with E-state index in [1.807, 2.05) is 0 Å². The maximum atomic E-state index is 10.6. The van der Waals surface area contributed by atoms with Crippen LogP contribution in [-0.4, -0.2) is 12.0 Å². The van der Waals surface area contributed by atoms with Crippen LogP contribution in [-0.2, 0) is 11.3 Å². The van der Waals surface area contributed by atoms with E-state index in [2.05, 4.69) is 0 Å². The summed E-state index contributed by atoms with van der Waals surface area (Å²) in [5.41, 5.74) is 5.99. The third-order valence-electron chi connectivity index (χ3n) is 1.71. The predicted molar refractivity (Wildman–Crippen MR) is 53.2 cm³/mol. The van der Waals surface area contributed by atoms with Gasteiger partial charge in [-0.05, 0) is 6.07 Å². The molecule has 0 aromatic heterocycles. The molecule has 0 aliphatic heterocycles. The van der Waals surface area contributed by atoms with Crippen LogP contribution in [0, 0.1) is 10.1 Å². The van der Waals surface area contributed by atoms with E-state index in [0.717, 1.165) is 0 Å². The summed E-state index contributed by atoms with van der Waals surface area (Å²) in [6, 6.07) is 2.77. The van der Waals surface area contributed by atoms with Crippen LogP contribution in [0.5, 0.6) is 0 Å². The van der Waals surface area contributed by atoms with Gasteiger partial charge in [0.05, 0.1) is 11.5 Å². The van der Waals surface area contributed by atoms with Crippen LogP contribution >= 0.6 is 11.6 Å². The average molecular weight is 217 g/mol. The molecule has 0 radical (unpaired) electrons. The van der Waals surface area contributed by atoms with Crippen molar-refractivity contribution in [3.8, 4) is 0 Å². The smallest absolute Gasteiger partial charge is 0.293 e. The first kappa shape index (κ1) is 10.7. The maximum Gasteiger partial charge on any atom is 0.293 e. The molecule has 0 amide bonds. The molecule has 0 unspecified atom stereocenters. The Morgan fingerprint density at radius 2 is 2.29 bits per heavy atom. The standard InChI is InChI=1S/C8H9ClN2O3/c1-14-4-5-2-6(9)3-7(8(5)10)11(12)13/h2-3H,4,10H2,1H3. The number of hydrogen-bond donors (Lipinski definition) is 1. The van der Waals surface area contributed by atoms with Gasteiger partial charge in [0.25, 0.3) is 5.69 Å². The van der Waals surface area contributed by atoms with Crippen molar-refractivity contribution < 1.29 is 9.66 Å². The first-order valence-corrected chi connectivity index (χ1v) is 4.15. The lowest BCUT2D eigenvalue weighted by atomic mass is 10.1. The number of benzene rings is 1. The van der Waals surface area contributed by atoms with E-state index in [-0.39, 0.29) is 23.0 Å². The van der Waals surface area contributed by atoms with Gasteiger partial charge in [0.2, 0.25) is 0 Å². The Labute approximate surface area is 85.6 Å². The Bertz CT molecular complexity index is 368. The van der Waals surface area contributed by atoms with Gasteiger partial charge in [-0.25, -0.2) is 0 Å². The summed E-state index contributed by atoms with van der Waals surface area (Å²) in [4.78, 5) is 9.99. The van der Waals surface area contributed by atoms with Gasteiger partial charge in [-0.1, -0.05) is 11.6 Å². The molecule has 0 aliphatic carbocycles. The maximum absolute atomic E-state index is 10.6. The molecule has 1 rings (SSSR count). The Morgan fingerprint density at radius 3 is 2.79 bits per heavy atom. The number of nitro benzene ring substituents is 1. The first-order valence-electron chi connectivity index (χ1n) is 3.77. The molecule has 0 saturated heterocycles. The fraction of sp³-hybridized carbons (Fsp3) is 0.250. The molecule has 0 fully saturated rings. The second-order valence-electron chi connectivity index (χ2n) is 2.69. The van der Waals surface area contributed by atoms with E-state index in [4.69, 9.17) is 22.1 Å². The average Bonchev–Trinajstić information content (AvgIpc) is 2.10. The molecule has 14 heavy (non-hydrogen) atoms. The molecule has 1 aromatic rings. The number of halogens is 1. The minimum atomic E-state index is -0.569. The van der Waals surface area contributed by atoms with Crippen molar-refractivity contribution >= 4 is 23.0 Å². The number of nitrogens with two attached hydrogens (primary N) is 1. The molecule has 0 atom stereocenters. The summed E-state index contributed by atoms with van der Waals surface area (Å²) < 4.78 is 4.84. The molecule has 76 valence electrons. The van der Waals surface area contributed by atoms with Crippen LogP contribution in [0.25, 0.3) is 0 Å². The molecule has 0 saturated carbocycles. The van der Waals surface area contributed by atoms with Gasteiger partial charge in [-0.15, -0.1) is 0 Å². The van der Waals surface area contributed by atoms with E-state index >= 15 is 0 Å². The number of methoxy groups -OCH3 is 1. The number of hydrogen-bond acceptors (Lipinski definition) is 4. The highest BCUT2D eigenvalue weighted by Gasteiger charge is 2.16. The number of nitrogen functional groups attached to an aromatic ring is 1. The van der Waals surface area contributed by atoms with Crippen molar-refractivity contribution in [2.45, 2.75) is 6.61 Å². The normalized spacial score (nSPS) is 10.1. The molecular formula is C8H9ClN2O3. The summed E-state index contributed by atoms with van der Waals surface area (Å²) in [5, 5.41) is 10.8. The van der Waals surface area contributed by atoms with Crippen molar-refractivity contribution in [2.75, 3.05) is 12.8 Å². The van der Waals surface area contributed by atoms with Crippen molar-refractivity contribution in [3.05, 3.63) is 32.8 Å². The van der Waals surface area contributed by atoms with E-state index in [0.29, 0.717) is 5.56 Å². The van der Waals surface area contributed by atoms with E-state index < -0.39 is 4.92 Å². The number of nitrogens with zero attached hydrogens (tertiary/aromatic N) is 1. The fourth-order valence-corrected chi connectivity index (χ4v) is 1.32. The van der Waals surface area contributed by atoms with Gasteiger partial charge < -0.3 is 10.5 Å². The van der Waals surface area contributed by atoms with Crippen LogP contribution in [0.3, 0.4) is 0 Å². The largest absolute Gasteiger partial charge is 0.393 e. The summed E-state index contributed by atoms with van der Waals surface area (Å²) in [6.45, 7) is 0.202. The highest BCUT2D eigenvalue weighted by Crippen LogP contribution is 2.29. The lowest BCUT2D eigenvalue weighted by molar-refractivity contribution is -0.383. The molecular weight excluding hydrogens is 208 g/mol. The molecule has 5 nitrogen and oxygen atoms in total. The summed E-state index contributed by atoms with van der Waals surface area (Å²) in [6.07, 6.45) is 0.